The highest BCUT2D eigenvalue weighted by Gasteiger charge is 2.12. The van der Waals surface area contributed by atoms with Crippen molar-refractivity contribution in [1.82, 2.24) is 4.98 Å². The van der Waals surface area contributed by atoms with Crippen LogP contribution >= 0.6 is 0 Å². The lowest BCUT2D eigenvalue weighted by Crippen LogP contribution is -1.97. The fourth-order valence-corrected chi connectivity index (χ4v) is 2.35. The summed E-state index contributed by atoms with van der Waals surface area (Å²) in [6, 6.07) is 4.50. The predicted molar refractivity (Wildman–Crippen MR) is 76.0 cm³/mol. The van der Waals surface area contributed by atoms with Crippen molar-refractivity contribution >= 4 is 16.7 Å². The summed E-state index contributed by atoms with van der Waals surface area (Å²) in [7, 11) is 0. The molecule has 2 nitrogen and oxygen atoms in total. The molecule has 0 saturated heterocycles. The smallest absolute Gasteiger partial charge is 0.165 e. The molecular weight excluding hydrogens is 241 g/mol. The number of carbonyl (C=O) groups is 1. The minimum absolute atomic E-state index is 0.105. The first-order chi connectivity index (χ1) is 9.22. The largest absolute Gasteiger partial charge is 0.360 e. The number of hydrogen-bond acceptors (Lipinski definition) is 1. The zero-order chi connectivity index (χ0) is 13.7. The molecule has 102 valence electrons. The van der Waals surface area contributed by atoms with Gasteiger partial charge in [-0.2, -0.15) is 0 Å². The zero-order valence-electron chi connectivity index (χ0n) is 11.3. The molecule has 0 aliphatic rings. The van der Waals surface area contributed by atoms with Gasteiger partial charge in [0.25, 0.3) is 0 Å². The number of unbranched alkanes of at least 4 members (excludes halogenated alkanes) is 4. The Hall–Kier alpha value is -1.64. The van der Waals surface area contributed by atoms with Gasteiger partial charge in [-0.05, 0) is 24.6 Å². The van der Waals surface area contributed by atoms with Crippen molar-refractivity contribution in [3.05, 3.63) is 35.8 Å². The van der Waals surface area contributed by atoms with Crippen LogP contribution in [0.4, 0.5) is 4.39 Å². The third kappa shape index (κ3) is 3.43. The maximum absolute atomic E-state index is 13.2. The van der Waals surface area contributed by atoms with Gasteiger partial charge in [0, 0.05) is 29.1 Å². The normalized spacial score (nSPS) is 11.1. The standard InChI is InChI=1S/C16H20FNO/c1-2-3-4-5-6-7-16(19)14-11-18-15-9-8-12(17)10-13(14)15/h8-11,18H,2-7H2,1H3. The molecule has 1 heterocycles. The number of Topliss-reactive ketones (excluding diaryl/α,β-unsaturated/α-hetero) is 1. The van der Waals surface area contributed by atoms with Crippen molar-refractivity contribution in [2.45, 2.75) is 45.4 Å². The molecule has 0 aliphatic heterocycles. The van der Waals surface area contributed by atoms with E-state index in [9.17, 15) is 9.18 Å². The number of aromatic nitrogens is 1. The third-order valence-corrected chi connectivity index (χ3v) is 3.45. The number of nitrogens with one attached hydrogen (secondary N) is 1. The van der Waals surface area contributed by atoms with E-state index in [1.807, 2.05) is 0 Å². The Labute approximate surface area is 113 Å². The predicted octanol–water partition coefficient (Wildman–Crippen LogP) is 4.85. The Kier molecular flexibility index (Phi) is 4.72. The van der Waals surface area contributed by atoms with Gasteiger partial charge in [0.05, 0.1) is 0 Å². The van der Waals surface area contributed by atoms with Crippen LogP contribution in [-0.2, 0) is 0 Å². The van der Waals surface area contributed by atoms with Crippen molar-refractivity contribution in [2.75, 3.05) is 0 Å². The Morgan fingerprint density at radius 3 is 2.79 bits per heavy atom. The van der Waals surface area contributed by atoms with Crippen molar-refractivity contribution in [2.24, 2.45) is 0 Å². The minimum atomic E-state index is -0.302. The molecule has 3 heteroatoms. The fourth-order valence-electron chi connectivity index (χ4n) is 2.35. The van der Waals surface area contributed by atoms with Crippen LogP contribution in [0.2, 0.25) is 0 Å². The summed E-state index contributed by atoms with van der Waals surface area (Å²) >= 11 is 0. The van der Waals surface area contributed by atoms with Crippen LogP contribution in [0.5, 0.6) is 0 Å². The summed E-state index contributed by atoms with van der Waals surface area (Å²) in [4.78, 5) is 15.1. The van der Waals surface area contributed by atoms with Crippen LogP contribution in [-0.4, -0.2) is 10.8 Å². The lowest BCUT2D eigenvalue weighted by molar-refractivity contribution is 0.0981. The summed E-state index contributed by atoms with van der Waals surface area (Å²) in [5.41, 5.74) is 1.43. The van der Waals surface area contributed by atoms with E-state index >= 15 is 0 Å². The number of benzene rings is 1. The highest BCUT2D eigenvalue weighted by atomic mass is 19.1. The van der Waals surface area contributed by atoms with Crippen LogP contribution in [0.3, 0.4) is 0 Å². The Balaban J connectivity index is 1.99. The summed E-state index contributed by atoms with van der Waals surface area (Å²) in [6.07, 6.45) is 7.87. The number of ketones is 1. The molecule has 0 atom stereocenters. The lowest BCUT2D eigenvalue weighted by atomic mass is 10.0. The number of carbonyl (C=O) groups excluding carboxylic acids is 1. The highest BCUT2D eigenvalue weighted by Crippen LogP contribution is 2.21. The topological polar surface area (TPSA) is 32.9 Å². The SMILES string of the molecule is CCCCCCCC(=O)c1c[nH]c2ccc(F)cc12. The van der Waals surface area contributed by atoms with Gasteiger partial charge in [-0.15, -0.1) is 0 Å². The minimum Gasteiger partial charge on any atom is -0.360 e. The van der Waals surface area contributed by atoms with Crippen molar-refractivity contribution < 1.29 is 9.18 Å². The summed E-state index contributed by atoms with van der Waals surface area (Å²) in [6.45, 7) is 2.17. The molecule has 0 spiro atoms. The second kappa shape index (κ2) is 6.50. The lowest BCUT2D eigenvalue weighted by Gasteiger charge is -2.00. The first-order valence-electron chi connectivity index (χ1n) is 7.02. The Bertz CT molecular complexity index is 559. The molecule has 1 aromatic heterocycles. The molecule has 0 radical (unpaired) electrons. The van der Waals surface area contributed by atoms with Crippen LogP contribution in [0.25, 0.3) is 10.9 Å². The van der Waals surface area contributed by atoms with E-state index < -0.39 is 0 Å². The molecule has 2 aromatic rings. The first-order valence-corrected chi connectivity index (χ1v) is 7.02. The van der Waals surface area contributed by atoms with E-state index in [4.69, 9.17) is 0 Å². The van der Waals surface area contributed by atoms with E-state index in [0.717, 1.165) is 18.4 Å². The van der Waals surface area contributed by atoms with Gasteiger partial charge in [0.15, 0.2) is 5.78 Å². The van der Waals surface area contributed by atoms with E-state index in [1.165, 1.54) is 31.4 Å². The highest BCUT2D eigenvalue weighted by molar-refractivity contribution is 6.07. The molecule has 0 bridgehead atoms. The van der Waals surface area contributed by atoms with Gasteiger partial charge in [0.1, 0.15) is 5.82 Å². The molecule has 19 heavy (non-hydrogen) atoms. The zero-order valence-corrected chi connectivity index (χ0v) is 11.3. The Morgan fingerprint density at radius 1 is 1.21 bits per heavy atom. The van der Waals surface area contributed by atoms with E-state index in [-0.39, 0.29) is 11.6 Å². The maximum atomic E-state index is 13.2. The average molecular weight is 261 g/mol. The fraction of sp³-hybridized carbons (Fsp3) is 0.438. The van der Waals surface area contributed by atoms with Gasteiger partial charge >= 0.3 is 0 Å². The molecule has 2 rings (SSSR count). The average Bonchev–Trinajstić information content (AvgIpc) is 2.81. The molecule has 1 aromatic carbocycles. The molecule has 0 amide bonds. The van der Waals surface area contributed by atoms with Gasteiger partial charge in [-0.25, -0.2) is 4.39 Å². The van der Waals surface area contributed by atoms with E-state index in [2.05, 4.69) is 11.9 Å². The van der Waals surface area contributed by atoms with Gasteiger partial charge in [-0.3, -0.25) is 4.79 Å². The quantitative estimate of drug-likeness (QED) is 0.561. The first kappa shape index (κ1) is 13.8. The monoisotopic (exact) mass is 261 g/mol. The van der Waals surface area contributed by atoms with Crippen molar-refractivity contribution in [3.8, 4) is 0 Å². The maximum Gasteiger partial charge on any atom is 0.165 e. The van der Waals surface area contributed by atoms with E-state index in [1.54, 1.807) is 12.3 Å². The summed E-state index contributed by atoms with van der Waals surface area (Å²) in [5.74, 6) is -0.197. The van der Waals surface area contributed by atoms with Crippen LogP contribution < -0.4 is 0 Å². The molecule has 1 N–H and O–H groups in total. The van der Waals surface area contributed by atoms with E-state index in [0.29, 0.717) is 17.4 Å². The van der Waals surface area contributed by atoms with Crippen LogP contribution in [0.1, 0.15) is 55.8 Å². The van der Waals surface area contributed by atoms with Crippen molar-refractivity contribution in [3.63, 3.8) is 0 Å². The van der Waals surface area contributed by atoms with Crippen LogP contribution in [0.15, 0.2) is 24.4 Å². The van der Waals surface area contributed by atoms with Gasteiger partial charge in [0.2, 0.25) is 0 Å². The molecule has 0 fully saturated rings. The number of fused-ring (bicyclic) bond motifs is 1. The number of rotatable bonds is 7. The molecule has 0 saturated carbocycles. The second-order valence-corrected chi connectivity index (χ2v) is 4.98. The summed E-state index contributed by atoms with van der Waals surface area (Å²) < 4.78 is 13.2. The molecule has 0 aliphatic carbocycles. The van der Waals surface area contributed by atoms with Gasteiger partial charge < -0.3 is 4.98 Å². The number of H-pyrrole nitrogens is 1. The number of aromatic amines is 1. The Morgan fingerprint density at radius 2 is 2.00 bits per heavy atom. The second-order valence-electron chi connectivity index (χ2n) is 4.98. The third-order valence-electron chi connectivity index (χ3n) is 3.45. The summed E-state index contributed by atoms with van der Waals surface area (Å²) in [5, 5.41) is 0.693. The van der Waals surface area contributed by atoms with Gasteiger partial charge in [-0.1, -0.05) is 32.6 Å². The van der Waals surface area contributed by atoms with Crippen molar-refractivity contribution in [1.29, 1.82) is 0 Å². The molecular formula is C16H20FNO. The number of hydrogen-bond donors (Lipinski definition) is 1. The number of halogens is 1. The molecule has 0 unspecified atom stereocenters. The van der Waals surface area contributed by atoms with Crippen LogP contribution in [0, 0.1) is 5.82 Å².